The van der Waals surface area contributed by atoms with Gasteiger partial charge in [0, 0.05) is 16.7 Å². The van der Waals surface area contributed by atoms with Crippen molar-refractivity contribution < 1.29 is 9.47 Å². The zero-order valence-electron chi connectivity index (χ0n) is 11.5. The van der Waals surface area contributed by atoms with Crippen molar-refractivity contribution in [2.45, 2.75) is 6.61 Å². The first-order valence-corrected chi connectivity index (χ1v) is 6.73. The highest BCUT2D eigenvalue weighted by atomic mass is 35.5. The molecule has 0 aliphatic rings. The van der Waals surface area contributed by atoms with Gasteiger partial charge in [0.25, 0.3) is 0 Å². The Bertz CT molecular complexity index is 689. The van der Waals surface area contributed by atoms with Gasteiger partial charge in [-0.05, 0) is 29.8 Å². The summed E-state index contributed by atoms with van der Waals surface area (Å²) in [7, 11) is 1.58. The molecular formula is C17H14ClNO2. The van der Waals surface area contributed by atoms with E-state index >= 15 is 0 Å². The summed E-state index contributed by atoms with van der Waals surface area (Å²) in [5, 5.41) is 9.21. The lowest BCUT2D eigenvalue weighted by Crippen LogP contribution is -1.98. The molecule has 0 radical (unpaired) electrons. The number of methoxy groups -OCH3 is 1. The minimum absolute atomic E-state index is 0.364. The van der Waals surface area contributed by atoms with Crippen molar-refractivity contribution >= 4 is 17.7 Å². The van der Waals surface area contributed by atoms with E-state index in [-0.39, 0.29) is 0 Å². The lowest BCUT2D eigenvalue weighted by molar-refractivity contribution is 0.284. The third-order valence-electron chi connectivity index (χ3n) is 2.88. The smallest absolute Gasteiger partial charge is 0.161 e. The quantitative estimate of drug-likeness (QED) is 0.765. The molecule has 4 heteroatoms. The third kappa shape index (κ3) is 4.01. The SMILES string of the molecule is COc1cc(/C=C/C#N)ccc1OCc1ccccc1Cl. The van der Waals surface area contributed by atoms with Crippen LogP contribution in [0, 0.1) is 11.3 Å². The Morgan fingerprint density at radius 2 is 2.00 bits per heavy atom. The average molecular weight is 300 g/mol. The minimum Gasteiger partial charge on any atom is -0.493 e. The van der Waals surface area contributed by atoms with E-state index < -0.39 is 0 Å². The van der Waals surface area contributed by atoms with Crippen LogP contribution in [0.5, 0.6) is 11.5 Å². The molecule has 0 aromatic heterocycles. The molecule has 0 saturated heterocycles. The van der Waals surface area contributed by atoms with Gasteiger partial charge in [-0.15, -0.1) is 0 Å². The minimum atomic E-state index is 0.364. The molecule has 0 heterocycles. The van der Waals surface area contributed by atoms with Crippen molar-refractivity contribution in [1.82, 2.24) is 0 Å². The van der Waals surface area contributed by atoms with Gasteiger partial charge in [0.1, 0.15) is 6.61 Å². The molecular weight excluding hydrogens is 286 g/mol. The van der Waals surface area contributed by atoms with Crippen molar-refractivity contribution in [2.75, 3.05) is 7.11 Å². The first-order chi connectivity index (χ1) is 10.2. The maximum absolute atomic E-state index is 8.54. The van der Waals surface area contributed by atoms with E-state index in [2.05, 4.69) is 0 Å². The summed E-state index contributed by atoms with van der Waals surface area (Å²) in [4.78, 5) is 0. The number of nitriles is 1. The van der Waals surface area contributed by atoms with Crippen LogP contribution >= 0.6 is 11.6 Å². The van der Waals surface area contributed by atoms with Crippen molar-refractivity contribution in [1.29, 1.82) is 5.26 Å². The summed E-state index contributed by atoms with van der Waals surface area (Å²) < 4.78 is 11.1. The second-order valence-electron chi connectivity index (χ2n) is 4.25. The normalized spacial score (nSPS) is 10.3. The molecule has 0 atom stereocenters. The molecule has 106 valence electrons. The van der Waals surface area contributed by atoms with E-state index in [9.17, 15) is 0 Å². The Hall–Kier alpha value is -2.44. The molecule has 0 aliphatic heterocycles. The lowest BCUT2D eigenvalue weighted by atomic mass is 10.2. The molecule has 0 amide bonds. The Balaban J connectivity index is 2.15. The van der Waals surface area contributed by atoms with E-state index in [0.29, 0.717) is 23.1 Å². The molecule has 2 rings (SSSR count). The van der Waals surface area contributed by atoms with Crippen LogP contribution < -0.4 is 9.47 Å². The van der Waals surface area contributed by atoms with Gasteiger partial charge in [-0.2, -0.15) is 5.26 Å². The van der Waals surface area contributed by atoms with Gasteiger partial charge in [-0.1, -0.05) is 35.9 Å². The fourth-order valence-corrected chi connectivity index (χ4v) is 2.00. The van der Waals surface area contributed by atoms with E-state index in [0.717, 1.165) is 11.1 Å². The van der Waals surface area contributed by atoms with E-state index in [1.807, 2.05) is 48.5 Å². The predicted molar refractivity (Wildman–Crippen MR) is 83.4 cm³/mol. The average Bonchev–Trinajstić information content (AvgIpc) is 2.52. The molecule has 3 nitrogen and oxygen atoms in total. The number of ether oxygens (including phenoxy) is 2. The van der Waals surface area contributed by atoms with Gasteiger partial charge in [-0.3, -0.25) is 0 Å². The van der Waals surface area contributed by atoms with Crippen LogP contribution in [0.2, 0.25) is 5.02 Å². The van der Waals surface area contributed by atoms with Gasteiger partial charge in [0.2, 0.25) is 0 Å². The van der Waals surface area contributed by atoms with Crippen LogP contribution in [0.1, 0.15) is 11.1 Å². The highest BCUT2D eigenvalue weighted by Gasteiger charge is 2.06. The molecule has 0 spiro atoms. The Kier molecular flexibility index (Phi) is 5.25. The molecule has 0 aliphatic carbocycles. The maximum Gasteiger partial charge on any atom is 0.161 e. The number of benzene rings is 2. The Morgan fingerprint density at radius 1 is 1.19 bits per heavy atom. The number of rotatable bonds is 5. The molecule has 0 N–H and O–H groups in total. The van der Waals surface area contributed by atoms with E-state index in [1.165, 1.54) is 6.08 Å². The molecule has 0 fully saturated rings. The highest BCUT2D eigenvalue weighted by molar-refractivity contribution is 6.31. The number of hydrogen-bond acceptors (Lipinski definition) is 3. The maximum atomic E-state index is 8.54. The zero-order chi connectivity index (χ0) is 15.1. The highest BCUT2D eigenvalue weighted by Crippen LogP contribution is 2.30. The summed E-state index contributed by atoms with van der Waals surface area (Å²) >= 11 is 6.10. The molecule has 0 bridgehead atoms. The number of nitrogens with zero attached hydrogens (tertiary/aromatic N) is 1. The third-order valence-corrected chi connectivity index (χ3v) is 3.25. The summed E-state index contributed by atoms with van der Waals surface area (Å²) in [6, 6.07) is 15.0. The summed E-state index contributed by atoms with van der Waals surface area (Å²) in [6.45, 7) is 0.364. The fraction of sp³-hybridized carbons (Fsp3) is 0.118. The van der Waals surface area contributed by atoms with Crippen molar-refractivity contribution in [3.8, 4) is 17.6 Å². The topological polar surface area (TPSA) is 42.2 Å². The van der Waals surface area contributed by atoms with Gasteiger partial charge in [0.05, 0.1) is 13.2 Å². The second-order valence-corrected chi connectivity index (χ2v) is 4.66. The standard InChI is InChI=1S/C17H14ClNO2/c1-20-17-11-13(5-4-10-19)8-9-16(17)21-12-14-6-2-3-7-15(14)18/h2-9,11H,12H2,1H3/b5-4+. The summed E-state index contributed by atoms with van der Waals surface area (Å²) in [6.07, 6.45) is 3.12. The molecule has 0 saturated carbocycles. The summed E-state index contributed by atoms with van der Waals surface area (Å²) in [5.41, 5.74) is 1.79. The van der Waals surface area contributed by atoms with Gasteiger partial charge in [0.15, 0.2) is 11.5 Å². The Labute approximate surface area is 129 Å². The van der Waals surface area contributed by atoms with Gasteiger partial charge < -0.3 is 9.47 Å². The van der Waals surface area contributed by atoms with Crippen molar-refractivity contribution in [3.05, 3.63) is 64.7 Å². The molecule has 2 aromatic carbocycles. The molecule has 2 aromatic rings. The van der Waals surface area contributed by atoms with Crippen molar-refractivity contribution in [3.63, 3.8) is 0 Å². The van der Waals surface area contributed by atoms with E-state index in [4.69, 9.17) is 26.3 Å². The second kappa shape index (κ2) is 7.37. The van der Waals surface area contributed by atoms with Crippen LogP contribution in [0.15, 0.2) is 48.5 Å². The van der Waals surface area contributed by atoms with Crippen LogP contribution in [-0.2, 0) is 6.61 Å². The van der Waals surface area contributed by atoms with E-state index in [1.54, 1.807) is 13.2 Å². The molecule has 21 heavy (non-hydrogen) atoms. The van der Waals surface area contributed by atoms with Crippen LogP contribution in [0.25, 0.3) is 6.08 Å². The fourth-order valence-electron chi connectivity index (χ4n) is 1.81. The number of halogens is 1. The van der Waals surface area contributed by atoms with Crippen molar-refractivity contribution in [2.24, 2.45) is 0 Å². The van der Waals surface area contributed by atoms with Crippen LogP contribution in [0.3, 0.4) is 0 Å². The zero-order valence-corrected chi connectivity index (χ0v) is 12.3. The summed E-state index contributed by atoms with van der Waals surface area (Å²) in [5.74, 6) is 1.24. The number of allylic oxidation sites excluding steroid dienone is 1. The van der Waals surface area contributed by atoms with Crippen LogP contribution in [-0.4, -0.2) is 7.11 Å². The van der Waals surface area contributed by atoms with Gasteiger partial charge >= 0.3 is 0 Å². The van der Waals surface area contributed by atoms with Crippen LogP contribution in [0.4, 0.5) is 0 Å². The first kappa shape index (κ1) is 15.0. The predicted octanol–water partition coefficient (Wildman–Crippen LogP) is 4.46. The molecule has 0 unspecified atom stereocenters. The lowest BCUT2D eigenvalue weighted by Gasteiger charge is -2.12. The Morgan fingerprint density at radius 3 is 2.71 bits per heavy atom. The largest absolute Gasteiger partial charge is 0.493 e. The first-order valence-electron chi connectivity index (χ1n) is 6.35. The number of hydrogen-bond donors (Lipinski definition) is 0. The monoisotopic (exact) mass is 299 g/mol. The van der Waals surface area contributed by atoms with Gasteiger partial charge in [-0.25, -0.2) is 0 Å².